The van der Waals surface area contributed by atoms with E-state index in [9.17, 15) is 13.2 Å². The normalized spacial score (nSPS) is 14.7. The van der Waals surface area contributed by atoms with Crippen molar-refractivity contribution in [2.24, 2.45) is 0 Å². The molecule has 1 N–H and O–H groups in total. The number of fused-ring (bicyclic) bond motifs is 1. The van der Waals surface area contributed by atoms with Gasteiger partial charge in [0.25, 0.3) is 5.91 Å². The molecule has 0 fully saturated rings. The van der Waals surface area contributed by atoms with Gasteiger partial charge in [0.05, 0.1) is 10.9 Å². The number of rotatable bonds is 7. The highest BCUT2D eigenvalue weighted by molar-refractivity contribution is 7.89. The fourth-order valence-electron chi connectivity index (χ4n) is 3.72. The lowest BCUT2D eigenvalue weighted by Crippen LogP contribution is -2.30. The number of nitrogens with one attached hydrogen (secondary N) is 1. The van der Waals surface area contributed by atoms with Gasteiger partial charge in [0.2, 0.25) is 10.0 Å². The van der Waals surface area contributed by atoms with Gasteiger partial charge in [0, 0.05) is 18.7 Å². The summed E-state index contributed by atoms with van der Waals surface area (Å²) in [6, 6.07) is 12.5. The van der Waals surface area contributed by atoms with Crippen molar-refractivity contribution >= 4 is 15.9 Å². The maximum absolute atomic E-state index is 12.6. The Hall–Kier alpha value is -2.18. The fourth-order valence-corrected chi connectivity index (χ4v) is 5.18. The molecule has 1 aliphatic carbocycles. The van der Waals surface area contributed by atoms with E-state index in [2.05, 4.69) is 11.4 Å². The molecule has 0 heterocycles. The van der Waals surface area contributed by atoms with E-state index < -0.39 is 10.0 Å². The maximum atomic E-state index is 12.6. The van der Waals surface area contributed by atoms with Crippen LogP contribution in [0.3, 0.4) is 0 Å². The first-order chi connectivity index (χ1) is 13.4. The van der Waals surface area contributed by atoms with Gasteiger partial charge in [-0.05, 0) is 67.1 Å². The number of hydrogen-bond acceptors (Lipinski definition) is 3. The molecule has 0 bridgehead atoms. The molecular formula is C22H28N2O3S. The van der Waals surface area contributed by atoms with E-state index in [0.29, 0.717) is 18.7 Å². The summed E-state index contributed by atoms with van der Waals surface area (Å²) in [7, 11) is -3.47. The van der Waals surface area contributed by atoms with Gasteiger partial charge < -0.3 is 5.32 Å². The number of amides is 1. The second kappa shape index (κ2) is 8.45. The monoisotopic (exact) mass is 400 g/mol. The number of nitrogens with zero attached hydrogens (tertiary/aromatic N) is 1. The number of hydrogen-bond donors (Lipinski definition) is 1. The highest BCUT2D eigenvalue weighted by Gasteiger charge is 2.22. The summed E-state index contributed by atoms with van der Waals surface area (Å²) in [6.45, 7) is 6.43. The van der Waals surface area contributed by atoms with Crippen molar-refractivity contribution in [2.75, 3.05) is 13.1 Å². The van der Waals surface area contributed by atoms with Crippen LogP contribution in [0.5, 0.6) is 0 Å². The maximum Gasteiger partial charge on any atom is 0.251 e. The quantitative estimate of drug-likeness (QED) is 0.771. The highest BCUT2D eigenvalue weighted by atomic mass is 32.2. The van der Waals surface area contributed by atoms with E-state index in [1.165, 1.54) is 15.4 Å². The molecule has 0 saturated carbocycles. The summed E-state index contributed by atoms with van der Waals surface area (Å²) in [4.78, 5) is 12.9. The predicted molar refractivity (Wildman–Crippen MR) is 111 cm³/mol. The van der Waals surface area contributed by atoms with Crippen LogP contribution in [0.15, 0.2) is 47.4 Å². The van der Waals surface area contributed by atoms with Crippen LogP contribution < -0.4 is 5.32 Å². The molecule has 150 valence electrons. The number of benzene rings is 2. The van der Waals surface area contributed by atoms with Crippen LogP contribution in [-0.4, -0.2) is 31.7 Å². The number of sulfonamides is 1. The number of carbonyl (C=O) groups excluding carboxylic acids is 1. The summed E-state index contributed by atoms with van der Waals surface area (Å²) in [5.74, 6) is -0.109. The molecule has 6 heteroatoms. The van der Waals surface area contributed by atoms with Crippen molar-refractivity contribution in [1.82, 2.24) is 9.62 Å². The van der Waals surface area contributed by atoms with Crippen molar-refractivity contribution in [3.05, 3.63) is 64.7 Å². The number of aryl methyl sites for hydroxylation is 2. The zero-order valence-electron chi connectivity index (χ0n) is 16.7. The molecule has 0 spiro atoms. The Labute approximate surface area is 167 Å². The van der Waals surface area contributed by atoms with Crippen LogP contribution in [0.25, 0.3) is 0 Å². The predicted octanol–water partition coefficient (Wildman–Crippen LogP) is 3.70. The van der Waals surface area contributed by atoms with Crippen LogP contribution in [0, 0.1) is 0 Å². The first-order valence-electron chi connectivity index (χ1n) is 9.89. The van der Waals surface area contributed by atoms with Gasteiger partial charge in [0.15, 0.2) is 0 Å². The second-order valence-electron chi connectivity index (χ2n) is 7.19. The molecule has 0 saturated heterocycles. The van der Waals surface area contributed by atoms with Gasteiger partial charge in [-0.15, -0.1) is 0 Å². The average Bonchev–Trinajstić information content (AvgIpc) is 3.16. The molecule has 0 aliphatic heterocycles. The van der Waals surface area contributed by atoms with Gasteiger partial charge in [0.1, 0.15) is 0 Å². The SMILES string of the molecule is CCN(CC)S(=O)(=O)c1ccc([C@@H](C)NC(=O)c2ccc3c(c2)CCC3)cc1. The molecule has 3 rings (SSSR count). The molecule has 0 radical (unpaired) electrons. The lowest BCUT2D eigenvalue weighted by molar-refractivity contribution is 0.0939. The van der Waals surface area contributed by atoms with E-state index in [1.807, 2.05) is 32.9 Å². The molecule has 2 aromatic carbocycles. The molecule has 0 unspecified atom stereocenters. The van der Waals surface area contributed by atoms with E-state index in [4.69, 9.17) is 0 Å². The Kier molecular flexibility index (Phi) is 6.20. The summed E-state index contributed by atoms with van der Waals surface area (Å²) >= 11 is 0. The average molecular weight is 401 g/mol. The lowest BCUT2D eigenvalue weighted by atomic mass is 10.0. The van der Waals surface area contributed by atoms with Crippen LogP contribution in [-0.2, 0) is 22.9 Å². The van der Waals surface area contributed by atoms with Gasteiger partial charge >= 0.3 is 0 Å². The minimum atomic E-state index is -3.47. The zero-order chi connectivity index (χ0) is 20.3. The number of carbonyl (C=O) groups is 1. The second-order valence-corrected chi connectivity index (χ2v) is 9.13. The van der Waals surface area contributed by atoms with Crippen LogP contribution in [0.1, 0.15) is 60.3 Å². The standard InChI is InChI=1S/C22H28N2O3S/c1-4-24(5-2)28(26,27)21-13-11-17(12-14-21)16(3)23-22(25)20-10-9-18-7-6-8-19(18)15-20/h9-16H,4-8H2,1-3H3,(H,23,25)/t16-/m1/s1. The summed E-state index contributed by atoms with van der Waals surface area (Å²) in [5, 5.41) is 3.01. The molecule has 5 nitrogen and oxygen atoms in total. The summed E-state index contributed by atoms with van der Waals surface area (Å²) in [6.07, 6.45) is 3.28. The molecule has 1 amide bonds. The summed E-state index contributed by atoms with van der Waals surface area (Å²) < 4.78 is 26.6. The van der Waals surface area contributed by atoms with Crippen molar-refractivity contribution in [2.45, 2.75) is 51.0 Å². The third-order valence-electron chi connectivity index (χ3n) is 5.43. The first-order valence-corrected chi connectivity index (χ1v) is 11.3. The Bertz CT molecular complexity index is 948. The third kappa shape index (κ3) is 4.13. The molecule has 1 atom stereocenters. The van der Waals surface area contributed by atoms with Gasteiger partial charge in [-0.3, -0.25) is 4.79 Å². The summed E-state index contributed by atoms with van der Waals surface area (Å²) in [5.41, 5.74) is 4.15. The smallest absolute Gasteiger partial charge is 0.251 e. The Morgan fingerprint density at radius 2 is 1.68 bits per heavy atom. The minimum absolute atomic E-state index is 0.109. The van der Waals surface area contributed by atoms with E-state index >= 15 is 0 Å². The largest absolute Gasteiger partial charge is 0.346 e. The van der Waals surface area contributed by atoms with E-state index in [1.54, 1.807) is 24.3 Å². The van der Waals surface area contributed by atoms with E-state index in [0.717, 1.165) is 24.8 Å². The fraction of sp³-hybridized carbons (Fsp3) is 0.409. The third-order valence-corrected chi connectivity index (χ3v) is 7.50. The lowest BCUT2D eigenvalue weighted by Gasteiger charge is -2.19. The van der Waals surface area contributed by atoms with Gasteiger partial charge in [-0.25, -0.2) is 8.42 Å². The van der Waals surface area contributed by atoms with Crippen molar-refractivity contribution in [3.63, 3.8) is 0 Å². The molecule has 0 aromatic heterocycles. The molecular weight excluding hydrogens is 372 g/mol. The van der Waals surface area contributed by atoms with Crippen molar-refractivity contribution in [3.8, 4) is 0 Å². The van der Waals surface area contributed by atoms with Crippen molar-refractivity contribution in [1.29, 1.82) is 0 Å². The Morgan fingerprint density at radius 1 is 1.04 bits per heavy atom. The molecule has 1 aliphatic rings. The molecule has 2 aromatic rings. The Morgan fingerprint density at radius 3 is 2.32 bits per heavy atom. The van der Waals surface area contributed by atoms with Crippen LogP contribution in [0.2, 0.25) is 0 Å². The van der Waals surface area contributed by atoms with Crippen LogP contribution in [0.4, 0.5) is 0 Å². The van der Waals surface area contributed by atoms with E-state index in [-0.39, 0.29) is 16.8 Å². The van der Waals surface area contributed by atoms with Gasteiger partial charge in [-0.2, -0.15) is 4.31 Å². The highest BCUT2D eigenvalue weighted by Crippen LogP contribution is 2.24. The van der Waals surface area contributed by atoms with Crippen molar-refractivity contribution < 1.29 is 13.2 Å². The minimum Gasteiger partial charge on any atom is -0.346 e. The zero-order valence-corrected chi connectivity index (χ0v) is 17.6. The topological polar surface area (TPSA) is 66.5 Å². The molecule has 28 heavy (non-hydrogen) atoms. The van der Waals surface area contributed by atoms with Crippen LogP contribution >= 0.6 is 0 Å². The first kappa shape index (κ1) is 20.6. The Balaban J connectivity index is 1.71. The van der Waals surface area contributed by atoms with Gasteiger partial charge in [-0.1, -0.05) is 32.0 Å².